The zero-order valence-electron chi connectivity index (χ0n) is 21.0. The summed E-state index contributed by atoms with van der Waals surface area (Å²) in [7, 11) is -1.96. The monoisotopic (exact) mass is 571 g/mol. The molecule has 0 aliphatic heterocycles. The standard InChI is InChI=1S/C23H28F3N7O5S/c1-33(39(36,37)38-2)21-16(4-3-9-27-21)11-29-20-19(23(24,25)26)12-30-22(32-20)31-17-7-5-15(6-8-17)10-28-18(13-34)14-35/h3-9,12,18,28,34-35H,10-11,13-14H2,1-2H3,(H2,29,30,31,32). The van der Waals surface area contributed by atoms with E-state index in [1.807, 2.05) is 0 Å². The molecule has 0 spiro atoms. The Morgan fingerprint density at radius 2 is 1.77 bits per heavy atom. The Balaban J connectivity index is 1.80. The van der Waals surface area contributed by atoms with E-state index >= 15 is 0 Å². The normalized spacial score (nSPS) is 12.0. The zero-order valence-corrected chi connectivity index (χ0v) is 21.8. The van der Waals surface area contributed by atoms with Gasteiger partial charge in [-0.15, -0.1) is 0 Å². The molecule has 0 saturated heterocycles. The van der Waals surface area contributed by atoms with Crippen LogP contribution in [0.15, 0.2) is 48.8 Å². The third-order valence-corrected chi connectivity index (χ3v) is 6.76. The molecule has 0 bridgehead atoms. The van der Waals surface area contributed by atoms with Crippen LogP contribution in [-0.2, 0) is 33.8 Å². The first-order valence-electron chi connectivity index (χ1n) is 11.5. The molecule has 16 heteroatoms. The van der Waals surface area contributed by atoms with Gasteiger partial charge in [0.1, 0.15) is 17.2 Å². The summed E-state index contributed by atoms with van der Waals surface area (Å²) in [4.78, 5) is 11.8. The molecule has 3 rings (SSSR count). The van der Waals surface area contributed by atoms with E-state index in [4.69, 9.17) is 10.2 Å². The van der Waals surface area contributed by atoms with Gasteiger partial charge in [0.05, 0.1) is 26.4 Å². The van der Waals surface area contributed by atoms with Gasteiger partial charge in [-0.05, 0) is 23.8 Å². The Bertz CT molecular complexity index is 1340. The number of hydrogen-bond donors (Lipinski definition) is 5. The van der Waals surface area contributed by atoms with E-state index in [1.165, 1.54) is 25.4 Å². The lowest BCUT2D eigenvalue weighted by atomic mass is 10.2. The SMILES string of the molecule is COS(=O)(=O)N(C)c1ncccc1CNc1nc(Nc2ccc(CNC(CO)CO)cc2)ncc1C(F)(F)F. The highest BCUT2D eigenvalue weighted by Crippen LogP contribution is 2.34. The number of pyridine rings is 1. The second-order valence-electron chi connectivity index (χ2n) is 8.15. The number of rotatable bonds is 13. The Hall–Kier alpha value is -3.57. The van der Waals surface area contributed by atoms with Crippen LogP contribution >= 0.6 is 0 Å². The van der Waals surface area contributed by atoms with Crippen LogP contribution in [0.3, 0.4) is 0 Å². The fourth-order valence-corrected chi connectivity index (χ4v) is 3.92. The molecule has 0 aliphatic rings. The van der Waals surface area contributed by atoms with Gasteiger partial charge < -0.3 is 26.2 Å². The van der Waals surface area contributed by atoms with Gasteiger partial charge in [-0.3, -0.25) is 4.18 Å². The van der Waals surface area contributed by atoms with Crippen molar-refractivity contribution >= 4 is 33.6 Å². The molecule has 2 heterocycles. The zero-order chi connectivity index (χ0) is 28.6. The Morgan fingerprint density at radius 3 is 2.38 bits per heavy atom. The smallest absolute Gasteiger partial charge is 0.395 e. The molecular formula is C23H28F3N7O5S. The molecule has 0 amide bonds. The lowest BCUT2D eigenvalue weighted by Crippen LogP contribution is -2.35. The highest BCUT2D eigenvalue weighted by molar-refractivity contribution is 7.88. The van der Waals surface area contributed by atoms with E-state index in [2.05, 4.69) is 35.1 Å². The number of benzene rings is 1. The van der Waals surface area contributed by atoms with Crippen LogP contribution in [0.2, 0.25) is 0 Å². The summed E-state index contributed by atoms with van der Waals surface area (Å²) in [5.74, 6) is -0.666. The van der Waals surface area contributed by atoms with E-state index in [1.54, 1.807) is 24.3 Å². The topological polar surface area (TPSA) is 162 Å². The first-order valence-corrected chi connectivity index (χ1v) is 12.8. The summed E-state index contributed by atoms with van der Waals surface area (Å²) < 4.78 is 70.5. The van der Waals surface area contributed by atoms with Crippen molar-refractivity contribution in [1.29, 1.82) is 0 Å². The van der Waals surface area contributed by atoms with Crippen molar-refractivity contribution in [2.45, 2.75) is 25.3 Å². The number of hydrogen-bond acceptors (Lipinski definition) is 11. The number of nitrogens with zero attached hydrogens (tertiary/aromatic N) is 4. The number of halogens is 3. The minimum atomic E-state index is -4.76. The third kappa shape index (κ3) is 7.96. The molecule has 1 aromatic carbocycles. The van der Waals surface area contributed by atoms with Gasteiger partial charge in [-0.1, -0.05) is 18.2 Å². The predicted molar refractivity (Wildman–Crippen MR) is 137 cm³/mol. The average Bonchev–Trinajstić information content (AvgIpc) is 2.92. The van der Waals surface area contributed by atoms with E-state index in [-0.39, 0.29) is 37.1 Å². The molecule has 39 heavy (non-hydrogen) atoms. The molecule has 212 valence electrons. The van der Waals surface area contributed by atoms with Crippen LogP contribution in [0.1, 0.15) is 16.7 Å². The average molecular weight is 572 g/mol. The second kappa shape index (κ2) is 13.0. The van der Waals surface area contributed by atoms with Crippen LogP contribution in [-0.4, -0.2) is 67.0 Å². The summed E-state index contributed by atoms with van der Waals surface area (Å²) in [6, 6.07) is 9.40. The van der Waals surface area contributed by atoms with Gasteiger partial charge in [-0.2, -0.15) is 26.6 Å². The minimum Gasteiger partial charge on any atom is -0.395 e. The van der Waals surface area contributed by atoms with Gasteiger partial charge >= 0.3 is 16.5 Å². The first kappa shape index (κ1) is 30.0. The fourth-order valence-electron chi connectivity index (χ4n) is 3.32. The van der Waals surface area contributed by atoms with Crippen molar-refractivity contribution in [2.75, 3.05) is 42.3 Å². The highest BCUT2D eigenvalue weighted by Gasteiger charge is 2.35. The molecule has 0 unspecified atom stereocenters. The summed E-state index contributed by atoms with van der Waals surface area (Å²) >= 11 is 0. The van der Waals surface area contributed by atoms with Gasteiger partial charge in [0.25, 0.3) is 0 Å². The van der Waals surface area contributed by atoms with Crippen LogP contribution in [0.25, 0.3) is 0 Å². The number of anilines is 4. The van der Waals surface area contributed by atoms with Gasteiger partial charge in [-0.25, -0.2) is 14.3 Å². The quantitative estimate of drug-likeness (QED) is 0.204. The van der Waals surface area contributed by atoms with E-state index < -0.39 is 33.9 Å². The maximum absolute atomic E-state index is 13.7. The lowest BCUT2D eigenvalue weighted by molar-refractivity contribution is -0.137. The minimum absolute atomic E-state index is 0.0355. The van der Waals surface area contributed by atoms with Gasteiger partial charge in [0, 0.05) is 43.8 Å². The summed E-state index contributed by atoms with van der Waals surface area (Å²) in [6.07, 6.45) is -2.77. The van der Waals surface area contributed by atoms with Crippen molar-refractivity contribution in [1.82, 2.24) is 20.3 Å². The summed E-state index contributed by atoms with van der Waals surface area (Å²) in [5, 5.41) is 26.7. The molecule has 0 saturated carbocycles. The van der Waals surface area contributed by atoms with Crippen LogP contribution in [0.4, 0.5) is 36.4 Å². The summed E-state index contributed by atoms with van der Waals surface area (Å²) in [5.41, 5.74) is 0.512. The van der Waals surface area contributed by atoms with Crippen LogP contribution in [0.5, 0.6) is 0 Å². The molecule has 0 atom stereocenters. The lowest BCUT2D eigenvalue weighted by Gasteiger charge is -2.20. The van der Waals surface area contributed by atoms with Crippen LogP contribution in [0, 0.1) is 0 Å². The number of aliphatic hydroxyl groups is 2. The van der Waals surface area contributed by atoms with E-state index in [0.29, 0.717) is 18.4 Å². The molecular weight excluding hydrogens is 543 g/mol. The van der Waals surface area contributed by atoms with Crippen molar-refractivity contribution in [3.8, 4) is 0 Å². The molecule has 2 aromatic heterocycles. The van der Waals surface area contributed by atoms with E-state index in [0.717, 1.165) is 17.0 Å². The number of aromatic nitrogens is 3. The Labute approximate surface area is 223 Å². The Kier molecular flexibility index (Phi) is 9.98. The van der Waals surface area contributed by atoms with Gasteiger partial charge in [0.15, 0.2) is 0 Å². The molecule has 0 fully saturated rings. The maximum Gasteiger partial charge on any atom is 0.421 e. The third-order valence-electron chi connectivity index (χ3n) is 5.50. The maximum atomic E-state index is 13.7. The number of nitrogens with one attached hydrogen (secondary N) is 3. The Morgan fingerprint density at radius 1 is 1.08 bits per heavy atom. The van der Waals surface area contributed by atoms with Crippen molar-refractivity contribution in [3.63, 3.8) is 0 Å². The molecule has 0 radical (unpaired) electrons. The molecule has 5 N–H and O–H groups in total. The van der Waals surface area contributed by atoms with Gasteiger partial charge in [0.2, 0.25) is 5.95 Å². The second-order valence-corrected chi connectivity index (χ2v) is 9.89. The predicted octanol–water partition coefficient (Wildman–Crippen LogP) is 2.02. The first-order chi connectivity index (χ1) is 18.5. The molecule has 12 nitrogen and oxygen atoms in total. The van der Waals surface area contributed by atoms with Crippen molar-refractivity contribution < 1.29 is 36.0 Å². The summed E-state index contributed by atoms with van der Waals surface area (Å²) in [6.45, 7) is -0.295. The molecule has 0 aliphatic carbocycles. The highest BCUT2D eigenvalue weighted by atomic mass is 32.2. The molecule has 3 aromatic rings. The van der Waals surface area contributed by atoms with Crippen molar-refractivity contribution in [2.24, 2.45) is 0 Å². The largest absolute Gasteiger partial charge is 0.421 e. The fraction of sp³-hybridized carbons (Fsp3) is 0.348. The number of aliphatic hydroxyl groups excluding tert-OH is 2. The van der Waals surface area contributed by atoms with Crippen molar-refractivity contribution in [3.05, 3.63) is 65.5 Å². The number of alkyl halides is 3. The van der Waals surface area contributed by atoms with Crippen LogP contribution < -0.4 is 20.3 Å². The van der Waals surface area contributed by atoms with E-state index in [9.17, 15) is 21.6 Å².